The smallest absolute Gasteiger partial charge is 0.134 e. The topological polar surface area (TPSA) is 112 Å². The van der Waals surface area contributed by atoms with Gasteiger partial charge in [-0.15, -0.1) is 0 Å². The highest BCUT2D eigenvalue weighted by Gasteiger charge is 2.15. The Morgan fingerprint density at radius 3 is 0.937 bits per heavy atom. The van der Waals surface area contributed by atoms with Crippen LogP contribution in [0.4, 0.5) is 0 Å². The molecule has 0 radical (unpaired) electrons. The number of thioether (sulfide) groups is 1. The molecule has 538 valence electrons. The zero-order chi connectivity index (χ0) is 45.7. The van der Waals surface area contributed by atoms with Crippen LogP contribution >= 0.6 is 11.8 Å². The number of likely N-dealkylation sites (N-methyl/N-ethyl adjacent to an activating group) is 1. The van der Waals surface area contributed by atoms with Crippen LogP contribution in [-0.4, -0.2) is 256 Å². The average molecular weight is 1210 g/mol. The summed E-state index contributed by atoms with van der Waals surface area (Å²) in [4.78, 5) is 5.89. The van der Waals surface area contributed by atoms with Crippen LogP contribution in [-0.2, 0) is 4.74 Å². The lowest BCUT2D eigenvalue weighted by molar-refractivity contribution is -0.897. The summed E-state index contributed by atoms with van der Waals surface area (Å²) in [5.74, 6) is 1.24. The lowest BCUT2D eigenvalue weighted by atomic mass is 10.3. The van der Waals surface area contributed by atoms with Crippen molar-refractivity contribution >= 4 is 11.8 Å². The van der Waals surface area contributed by atoms with Gasteiger partial charge in [-0.25, -0.2) is 0 Å². The third-order valence-corrected chi connectivity index (χ3v) is 7.77. The average Bonchev–Trinajstić information content (AvgIpc) is 3.08. The first kappa shape index (κ1) is 218. The molecule has 0 saturated heterocycles. The maximum atomic E-state index is 9.38. The Balaban J connectivity index is -0.0000000104. The van der Waals surface area contributed by atoms with Gasteiger partial charge >= 0.3 is 0 Å². The number of nitrogens with one attached hydrogen (secondary N) is 2. The molecule has 0 aliphatic heterocycles. The van der Waals surface area contributed by atoms with E-state index in [1.807, 2.05) is 25.7 Å². The fraction of sp³-hybridized carbons (Fsp3) is 1.00. The lowest BCUT2D eigenvalue weighted by Gasteiger charge is -2.30. The molecule has 2 atom stereocenters. The van der Waals surface area contributed by atoms with Crippen molar-refractivity contribution in [1.82, 2.24) is 15.1 Å². The van der Waals surface area contributed by atoms with E-state index in [4.69, 9.17) is 10.5 Å². The molecule has 0 bridgehead atoms. The Bertz CT molecular complexity index is 652. The molecular formula is C65H212N11O2S+7. The van der Waals surface area contributed by atoms with Crippen LogP contribution in [0.1, 0.15) is 234 Å². The molecule has 14 heteroatoms. The first-order valence-corrected chi connectivity index (χ1v) is 22.5. The van der Waals surface area contributed by atoms with Crippen LogP contribution in [0.15, 0.2) is 0 Å². The normalized spacial score (nSPS) is 8.43. The minimum Gasteiger partial charge on any atom is -0.385 e. The summed E-state index contributed by atoms with van der Waals surface area (Å²) in [6.45, 7) is 29.8. The molecule has 0 heterocycles. The van der Waals surface area contributed by atoms with E-state index in [0.717, 1.165) is 70.8 Å². The molecular weight excluding hydrogens is 999 g/mol. The van der Waals surface area contributed by atoms with Crippen molar-refractivity contribution in [3.8, 4) is 0 Å². The molecule has 0 amide bonds. The summed E-state index contributed by atoms with van der Waals surface area (Å²) >= 11 is 1.86. The number of aliphatic hydroxyl groups is 1. The summed E-state index contributed by atoms with van der Waals surface area (Å²) in [6.07, 6.45) is 1.76. The zero-order valence-electron chi connectivity index (χ0n) is 43.2. The molecule has 79 heavy (non-hydrogen) atoms. The molecule has 0 aromatic rings. The van der Waals surface area contributed by atoms with Crippen LogP contribution in [0.5, 0.6) is 0 Å². The van der Waals surface area contributed by atoms with E-state index in [9.17, 15) is 5.11 Å². The van der Waals surface area contributed by atoms with E-state index >= 15 is 0 Å². The van der Waals surface area contributed by atoms with Crippen molar-refractivity contribution < 1.29 is 43.3 Å². The van der Waals surface area contributed by atoms with Gasteiger partial charge in [0.25, 0.3) is 0 Å². The third kappa shape index (κ3) is 349. The van der Waals surface area contributed by atoms with Gasteiger partial charge < -0.3 is 43.3 Å². The van der Waals surface area contributed by atoms with Crippen molar-refractivity contribution in [2.75, 3.05) is 218 Å². The maximum absolute atomic E-state index is 9.38. The fourth-order valence-corrected chi connectivity index (χ4v) is 3.06. The summed E-state index contributed by atoms with van der Waals surface area (Å²) in [5, 5.41) is 16.7. The maximum Gasteiger partial charge on any atom is 0.134 e. The van der Waals surface area contributed by atoms with E-state index in [2.05, 4.69) is 193 Å². The Kier molecular flexibility index (Phi) is 421. The fourth-order valence-electron chi connectivity index (χ4n) is 3.06. The highest BCUT2D eigenvalue weighted by molar-refractivity contribution is 7.98. The summed E-state index contributed by atoms with van der Waals surface area (Å²) < 4.78 is 9.02. The zero-order valence-corrected chi connectivity index (χ0v) is 44.0. The number of ether oxygens (including phenoxy) is 1. The number of aliphatic hydroxyl groups excluding tert-OH is 1. The Morgan fingerprint density at radius 1 is 0.544 bits per heavy atom. The standard InChI is InChI=1S/C8H20NO2.2C7H19N2.C5H14N.2C4H12N2.C3H9N.C3H8S.24CH4/c1-5-11-7-8(10)6-9(2,3)4;1-6-8(2)7-9(3,4)5;1-6-9(4,5)7-8(2)3;1-5-6(2,3)4;1-3-6(2)4-5;1-3-6-4-5-2;2*1-3-4-2;;;;;;;;;;;;;;;;;;;;;;;;/h8,10H,5-7H2,1-4H3;2*6-7H2,1-5H3;5H2,1-4H3;3-5H2,1-2H3;5-6H,3-4H2,1-2H3;4H,3H2,1-2H3;3H2,1-2H3;24*1H4/q4*+1;;;;;;;;;;;;;;;;;;;;;;;;;;;;/p+3. The van der Waals surface area contributed by atoms with Crippen LogP contribution in [0.2, 0.25) is 0 Å². The van der Waals surface area contributed by atoms with Gasteiger partial charge in [-0.2, -0.15) is 11.8 Å². The van der Waals surface area contributed by atoms with E-state index in [1.165, 1.54) is 30.3 Å². The highest BCUT2D eigenvalue weighted by Crippen LogP contribution is 1.96. The minimum absolute atomic E-state index is 0. The summed E-state index contributed by atoms with van der Waals surface area (Å²) in [7, 11) is 36.3. The van der Waals surface area contributed by atoms with Crippen molar-refractivity contribution in [2.24, 2.45) is 5.73 Å². The Morgan fingerprint density at radius 2 is 0.848 bits per heavy atom. The van der Waals surface area contributed by atoms with E-state index < -0.39 is 0 Å². The quantitative estimate of drug-likeness (QED) is 0.0434. The number of nitrogens with two attached hydrogens (primary N) is 3. The van der Waals surface area contributed by atoms with Gasteiger partial charge in [0.15, 0.2) is 0 Å². The van der Waals surface area contributed by atoms with Gasteiger partial charge in [0, 0.05) is 13.2 Å². The minimum atomic E-state index is -0.338. The molecule has 9 N–H and O–H groups in total. The Labute approximate surface area is 530 Å². The van der Waals surface area contributed by atoms with E-state index in [-0.39, 0.29) is 184 Å². The predicted octanol–water partition coefficient (Wildman–Crippen LogP) is 15.0. The number of nitrogens with zero attached hydrogens (tertiary/aromatic N) is 6. The van der Waals surface area contributed by atoms with Gasteiger partial charge in [0.1, 0.15) is 39.3 Å². The van der Waals surface area contributed by atoms with Gasteiger partial charge in [-0.3, -0.25) is 20.9 Å². The molecule has 0 aromatic carbocycles. The van der Waals surface area contributed by atoms with Crippen LogP contribution in [0.3, 0.4) is 0 Å². The highest BCUT2D eigenvalue weighted by atomic mass is 32.2. The number of rotatable bonds is 19. The molecule has 0 rings (SSSR count). The van der Waals surface area contributed by atoms with Gasteiger partial charge in [0.2, 0.25) is 0 Å². The molecule has 0 fully saturated rings. The first-order valence-electron chi connectivity index (χ1n) is 21.1. The van der Waals surface area contributed by atoms with Crippen molar-refractivity contribution in [3.05, 3.63) is 0 Å². The largest absolute Gasteiger partial charge is 0.385 e. The molecule has 2 unspecified atom stereocenters. The Hall–Kier alpha value is -0.170. The second kappa shape index (κ2) is 153. The molecule has 0 aromatic heterocycles. The van der Waals surface area contributed by atoms with Gasteiger partial charge in [0.05, 0.1) is 131 Å². The van der Waals surface area contributed by atoms with E-state index in [0.29, 0.717) is 13.2 Å². The van der Waals surface area contributed by atoms with Crippen molar-refractivity contribution in [3.63, 3.8) is 0 Å². The number of quaternary nitrogens is 7. The monoisotopic (exact) mass is 1210 g/mol. The van der Waals surface area contributed by atoms with Crippen LogP contribution in [0, 0.1) is 0 Å². The molecule has 13 nitrogen and oxygen atoms in total. The van der Waals surface area contributed by atoms with E-state index in [1.54, 1.807) is 0 Å². The SMILES string of the molecule is C.C.C.C.C.C.C.C.C.C.C.C.C.C.C.C.C.C.C.C.C.C.C.C.CCN(C)C[N+](C)(C)C.CCNC[NH2+]C.CCOCC(O)C[N+](C)(C)C.CCSC.CC[N+](C)(C)C.CC[N+](C)(C)CN(C)C.CC[NH+](C)CN.CC[NH2+]C. The summed E-state index contributed by atoms with van der Waals surface area (Å²) in [6, 6.07) is 0. The molecule has 0 saturated carbocycles. The molecule has 0 aliphatic rings. The van der Waals surface area contributed by atoms with Crippen molar-refractivity contribution in [2.45, 2.75) is 240 Å². The predicted molar refractivity (Wildman–Crippen MR) is 413 cm³/mol. The second-order valence-corrected chi connectivity index (χ2v) is 18.7. The number of hydrogen-bond acceptors (Lipinski definition) is 7. The van der Waals surface area contributed by atoms with Crippen molar-refractivity contribution in [1.29, 1.82) is 0 Å². The third-order valence-electron chi connectivity index (χ3n) is 7.20. The second-order valence-electron chi connectivity index (χ2n) is 17.6. The van der Waals surface area contributed by atoms with Gasteiger partial charge in [-0.1, -0.05) is 199 Å². The lowest BCUT2D eigenvalue weighted by Crippen LogP contribution is -3.10. The molecule has 0 aliphatic carbocycles. The number of hydrogen-bond donors (Lipinski definition) is 6. The molecule has 0 spiro atoms. The van der Waals surface area contributed by atoms with Crippen LogP contribution < -0.4 is 26.6 Å². The summed E-state index contributed by atoms with van der Waals surface area (Å²) in [5.41, 5.74) is 5.25. The van der Waals surface area contributed by atoms with Gasteiger partial charge in [-0.05, 0) is 74.3 Å². The first-order chi connectivity index (χ1) is 25.0. The van der Waals surface area contributed by atoms with Crippen LogP contribution in [0.25, 0.3) is 0 Å².